The Morgan fingerprint density at radius 2 is 1.12 bits per heavy atom. The molecule has 2 N–H and O–H groups in total. The molecule has 0 bridgehead atoms. The van der Waals surface area contributed by atoms with Crippen LogP contribution in [0.25, 0.3) is 67.1 Å². The van der Waals surface area contributed by atoms with Crippen LogP contribution in [0.3, 0.4) is 0 Å². The molecule has 24 nitrogen and oxygen atoms in total. The first-order valence-corrected chi connectivity index (χ1v) is 27.3. The molecule has 10 rings (SSSR count). The number of nitrogens with zero attached hydrogens (tertiary/aromatic N) is 8. The molecule has 0 atom stereocenters. The van der Waals surface area contributed by atoms with E-state index in [-0.39, 0.29) is 134 Å². The van der Waals surface area contributed by atoms with Crippen LogP contribution < -0.4 is 134 Å². The number of hydrogen-bond donors (Lipinski definition) is 2. The number of rotatable bonds is 17. The van der Waals surface area contributed by atoms with Crippen LogP contribution in [0.2, 0.25) is 0 Å². The van der Waals surface area contributed by atoms with Crippen LogP contribution in [-0.4, -0.2) is 74.8 Å². The van der Waals surface area contributed by atoms with Crippen LogP contribution >= 0.6 is 24.1 Å². The molecule has 0 saturated carbocycles. The van der Waals surface area contributed by atoms with Gasteiger partial charge >= 0.3 is 118 Å². The third-order valence-corrected chi connectivity index (χ3v) is 14.3. The summed E-state index contributed by atoms with van der Waals surface area (Å²) in [6.07, 6.45) is 2.90. The largest absolute Gasteiger partial charge is 1.00 e. The van der Waals surface area contributed by atoms with Gasteiger partial charge in [0.05, 0.1) is 56.6 Å². The smallest absolute Gasteiger partial charge is 0.744 e. The van der Waals surface area contributed by atoms with Crippen LogP contribution in [0.1, 0.15) is 11.1 Å². The molecule has 0 spiro atoms. The summed E-state index contributed by atoms with van der Waals surface area (Å²) < 4.78 is 110. The third-order valence-electron chi connectivity index (χ3n) is 10.8. The number of azo groups is 1. The summed E-state index contributed by atoms with van der Waals surface area (Å²) in [7, 11) is -13.6. The number of nitrogens with one attached hydrogen (secondary N) is 1. The Bertz CT molecular complexity index is 4230. The molecule has 2 heterocycles. The number of benzene rings is 8. The van der Waals surface area contributed by atoms with E-state index in [1.54, 1.807) is 84.9 Å². The Morgan fingerprint density at radius 3 is 1.79 bits per heavy atom. The molecule has 0 saturated heterocycles. The zero-order chi connectivity index (χ0) is 53.6. The Hall–Kier alpha value is -3.59. The average molecular weight is 1210 g/mol. The van der Waals surface area contributed by atoms with Crippen LogP contribution in [-0.2, 0) is 49.1 Å². The first-order chi connectivity index (χ1) is 36.4. The summed E-state index contributed by atoms with van der Waals surface area (Å²) in [6, 6.07) is 40.5. The molecule has 0 radical (unpaired) electrons. The molecule has 0 aliphatic rings. The van der Waals surface area contributed by atoms with Crippen molar-refractivity contribution in [2.45, 2.75) is 19.6 Å². The maximum atomic E-state index is 12.5. The monoisotopic (exact) mass is 1210 g/mol. The summed E-state index contributed by atoms with van der Waals surface area (Å²) in [4.78, 5) is 2.70. The minimum atomic E-state index is -5.02. The van der Waals surface area contributed by atoms with E-state index >= 15 is 0 Å². The molecule has 80 heavy (non-hydrogen) atoms. The number of hydrogen-bond acceptors (Lipinski definition) is 23. The van der Waals surface area contributed by atoms with Crippen molar-refractivity contribution in [1.82, 2.24) is 30.0 Å². The van der Waals surface area contributed by atoms with Crippen molar-refractivity contribution in [1.29, 1.82) is 0 Å². The molecule has 33 heteroatoms. The molecule has 2 aromatic heterocycles. The van der Waals surface area contributed by atoms with Crippen molar-refractivity contribution >= 4 is 127 Å². The van der Waals surface area contributed by atoms with Crippen molar-refractivity contribution in [3.05, 3.63) is 163 Å². The predicted octanol–water partition coefficient (Wildman–Crippen LogP) is -4.72. The van der Waals surface area contributed by atoms with Crippen LogP contribution in [0, 0.1) is 0 Å². The van der Waals surface area contributed by atoms with E-state index in [2.05, 4.69) is 54.7 Å². The maximum Gasteiger partial charge on any atom is 1.00 e. The molecule has 10 aromatic rings. The van der Waals surface area contributed by atoms with E-state index in [4.69, 9.17) is 4.55 Å². The molecule has 0 fully saturated rings. The number of anilines is 1. The zero-order valence-electron chi connectivity index (χ0n) is 42.1. The van der Waals surface area contributed by atoms with Crippen LogP contribution in [0.4, 0.5) is 17.1 Å². The summed E-state index contributed by atoms with van der Waals surface area (Å²) in [5.74, 6) is -0.461. The van der Waals surface area contributed by atoms with Gasteiger partial charge in [0.15, 0.2) is 0 Å². The first-order valence-electron chi connectivity index (χ1n) is 21.4. The fourth-order valence-corrected chi connectivity index (χ4v) is 10.0. The van der Waals surface area contributed by atoms with Crippen molar-refractivity contribution in [3.8, 4) is 11.4 Å². The van der Waals surface area contributed by atoms with E-state index in [0.717, 1.165) is 28.9 Å². The molecule has 388 valence electrons. The van der Waals surface area contributed by atoms with Crippen LogP contribution in [0.5, 0.6) is 0 Å². The molecular formula is C47H31N9Na4O15S5. The summed E-state index contributed by atoms with van der Waals surface area (Å²) in [5.41, 5.74) is 4.60. The Morgan fingerprint density at radius 1 is 0.550 bits per heavy atom. The number of aromatic nitrogens is 6. The van der Waals surface area contributed by atoms with E-state index in [1.807, 2.05) is 30.3 Å². The quantitative estimate of drug-likeness (QED) is 0.0164. The van der Waals surface area contributed by atoms with Gasteiger partial charge in [0.1, 0.15) is 48.2 Å². The van der Waals surface area contributed by atoms with Gasteiger partial charge in [-0.05, 0) is 101 Å². The maximum absolute atomic E-state index is 12.5. The minimum Gasteiger partial charge on any atom is -0.744 e. The van der Waals surface area contributed by atoms with Crippen molar-refractivity contribution in [2.75, 3.05) is 11.2 Å². The summed E-state index contributed by atoms with van der Waals surface area (Å²) >= 11 is 1.29. The van der Waals surface area contributed by atoms with Gasteiger partial charge in [-0.15, -0.1) is 20.4 Å². The van der Waals surface area contributed by atoms with Gasteiger partial charge in [-0.3, -0.25) is 14.6 Å². The molecule has 0 aliphatic heterocycles. The average Bonchev–Trinajstić information content (AvgIpc) is 4.13. The van der Waals surface area contributed by atoms with E-state index in [9.17, 15) is 44.9 Å². The first kappa shape index (κ1) is 67.2. The van der Waals surface area contributed by atoms with Crippen molar-refractivity contribution in [2.24, 2.45) is 10.2 Å². The molecular weight excluding hydrogens is 1180 g/mol. The molecule has 0 amide bonds. The molecule has 0 unspecified atom stereocenters. The third kappa shape index (κ3) is 17.0. The van der Waals surface area contributed by atoms with Gasteiger partial charge in [-0.2, -0.15) is 36.9 Å². The van der Waals surface area contributed by atoms with Gasteiger partial charge in [0.25, 0.3) is 10.1 Å². The normalized spacial score (nSPS) is 11.7. The van der Waals surface area contributed by atoms with E-state index in [1.165, 1.54) is 52.1 Å². The van der Waals surface area contributed by atoms with E-state index < -0.39 is 41.1 Å². The Balaban J connectivity index is 0.000000655. The van der Waals surface area contributed by atoms with Gasteiger partial charge in [0, 0.05) is 31.6 Å². The number of para-hydroxylation sites is 1. The van der Waals surface area contributed by atoms with Crippen molar-refractivity contribution < 1.29 is 186 Å². The summed E-state index contributed by atoms with van der Waals surface area (Å²) in [5, 5.41) is 60.2. The SMILES string of the molecule is O=S(=O)(O)CNc1ccccc1.O=S(=O)([O-])c1ccc2c(ccc3nn(-c4ccc(N=Nc5ccc(C=Cc6ccc(-n7nc8cc(SOO[O-])c9ccccc9c8n7)cc6SOO[O-])c(S(=O)(=O)[O-])c5)cc4)nc32)c1.[Na+].[Na+].[Na+].[Na+]. The zero-order valence-corrected chi connectivity index (χ0v) is 54.2. The Kier molecular flexibility index (Phi) is 25.0. The Labute approximate surface area is 551 Å². The summed E-state index contributed by atoms with van der Waals surface area (Å²) in [6.45, 7) is 0. The minimum absolute atomic E-state index is 0. The second kappa shape index (κ2) is 29.8. The molecule has 0 aliphatic carbocycles. The van der Waals surface area contributed by atoms with Crippen molar-refractivity contribution in [3.63, 3.8) is 0 Å². The second-order valence-corrected chi connectivity index (χ2v) is 21.4. The topological polar surface area (TPSA) is 350 Å². The van der Waals surface area contributed by atoms with Gasteiger partial charge in [-0.25, -0.2) is 16.8 Å². The fraction of sp³-hybridized carbons (Fsp3) is 0.0213. The van der Waals surface area contributed by atoms with Gasteiger partial charge in [-0.1, -0.05) is 78.9 Å². The fourth-order valence-electron chi connectivity index (χ4n) is 7.43. The number of fused-ring (bicyclic) bond motifs is 6. The predicted molar refractivity (Wildman–Crippen MR) is 271 cm³/mol. The van der Waals surface area contributed by atoms with Gasteiger partial charge in [0.2, 0.25) is 0 Å². The van der Waals surface area contributed by atoms with Gasteiger partial charge < -0.3 is 24.9 Å². The second-order valence-electron chi connectivity index (χ2n) is 15.7. The van der Waals surface area contributed by atoms with Crippen LogP contribution in [0.15, 0.2) is 181 Å². The van der Waals surface area contributed by atoms with E-state index in [0.29, 0.717) is 83.0 Å². The molecule has 8 aromatic carbocycles. The standard InChI is InChI=1S/C40H26N8O12S4.C7H9NO3S.4Na/c49-57-59-61-36-21-29(48-44-35-22-37(62-60-58-50)32-3-1-2-4-33(32)40(35)46-48)13-8-23(36)5-6-24-7-10-27(20-38(24)64(54,55)56)42-41-26-11-14-28(15-12-26)47-43-34-18-9-25-19-30(63(51,52)53)16-17-31(25)39(34)45-47;9-12(10,11)6-8-7-4-2-1-3-5-7;;;;/h1-22,49-50H,(H,51,52,53)(H,54,55,56);1-5,8H,6H2,(H,9,10,11);;;;/q;;4*+1/p-4.